The van der Waals surface area contributed by atoms with Crippen LogP contribution in [0.4, 0.5) is 10.7 Å². The molecule has 1 aromatic heterocycles. The fourth-order valence-electron chi connectivity index (χ4n) is 1.09. The number of aliphatic carboxylic acids is 1. The van der Waals surface area contributed by atoms with Gasteiger partial charge in [0.2, 0.25) is 0 Å². The van der Waals surface area contributed by atoms with Crippen molar-refractivity contribution in [1.29, 1.82) is 0 Å². The van der Waals surface area contributed by atoms with Crippen LogP contribution in [-0.2, 0) is 14.6 Å². The number of thiophene rings is 1. The van der Waals surface area contributed by atoms with Crippen molar-refractivity contribution in [3.8, 4) is 0 Å². The molecule has 1 rings (SSSR count). The Balaban J connectivity index is 2.99. The van der Waals surface area contributed by atoms with Gasteiger partial charge in [0.25, 0.3) is 0 Å². The highest BCUT2D eigenvalue weighted by Crippen LogP contribution is 2.36. The summed E-state index contributed by atoms with van der Waals surface area (Å²) in [6, 6.07) is 0.961. The van der Waals surface area contributed by atoms with Crippen molar-refractivity contribution in [2.45, 2.75) is 10.6 Å². The summed E-state index contributed by atoms with van der Waals surface area (Å²) >= 11 is 0.713. The Bertz CT molecular complexity index is 576. The zero-order valence-electron chi connectivity index (χ0n) is 9.24. The van der Waals surface area contributed by atoms with Gasteiger partial charge in [-0.3, -0.25) is 14.9 Å². The van der Waals surface area contributed by atoms with Crippen LogP contribution < -0.4 is 5.32 Å². The molecule has 0 amide bonds. The fraction of sp³-hybridized carbons (Fsp3) is 0.375. The number of carboxylic acid groups (broad SMARTS) is 1. The molecule has 0 aliphatic carbocycles. The van der Waals surface area contributed by atoms with Crippen molar-refractivity contribution in [1.82, 2.24) is 0 Å². The smallest absolute Gasteiger partial charge is 0.305 e. The molecule has 100 valence electrons. The average Bonchev–Trinajstić information content (AvgIpc) is 2.60. The lowest BCUT2D eigenvalue weighted by Gasteiger charge is -1.99. The predicted molar refractivity (Wildman–Crippen MR) is 64.8 cm³/mol. The van der Waals surface area contributed by atoms with E-state index in [4.69, 9.17) is 5.11 Å². The van der Waals surface area contributed by atoms with Gasteiger partial charge in [0, 0.05) is 18.9 Å². The van der Waals surface area contributed by atoms with Gasteiger partial charge < -0.3 is 10.4 Å². The van der Waals surface area contributed by atoms with Crippen LogP contribution in [0.2, 0.25) is 0 Å². The molecule has 0 unspecified atom stereocenters. The van der Waals surface area contributed by atoms with E-state index in [0.29, 0.717) is 11.3 Å². The zero-order valence-corrected chi connectivity index (χ0v) is 10.9. The molecule has 0 aliphatic rings. The van der Waals surface area contributed by atoms with Gasteiger partial charge in [-0.15, -0.1) is 0 Å². The number of hydrogen-bond acceptors (Lipinski definition) is 7. The summed E-state index contributed by atoms with van der Waals surface area (Å²) in [7, 11) is -3.52. The maximum atomic E-state index is 11.3. The highest BCUT2D eigenvalue weighted by atomic mass is 32.2. The number of nitrogens with one attached hydrogen (secondary N) is 1. The minimum atomic E-state index is -3.52. The molecule has 0 aliphatic heterocycles. The largest absolute Gasteiger partial charge is 0.481 e. The molecule has 0 saturated heterocycles. The second-order valence-corrected chi connectivity index (χ2v) is 6.67. The predicted octanol–water partition coefficient (Wildman–Crippen LogP) is 0.946. The third-order valence-electron chi connectivity index (χ3n) is 1.88. The molecule has 1 heterocycles. The first-order valence-corrected chi connectivity index (χ1v) is 7.36. The molecular formula is C8H10N2O6S2. The van der Waals surface area contributed by atoms with Crippen molar-refractivity contribution in [2.24, 2.45) is 0 Å². The second-order valence-electron chi connectivity index (χ2n) is 3.38. The lowest BCUT2D eigenvalue weighted by molar-refractivity contribution is -0.383. The first-order chi connectivity index (χ1) is 8.21. The fourth-order valence-corrected chi connectivity index (χ4v) is 3.05. The highest BCUT2D eigenvalue weighted by molar-refractivity contribution is 7.92. The summed E-state index contributed by atoms with van der Waals surface area (Å²) in [4.78, 5) is 20.3. The molecule has 0 aromatic carbocycles. The van der Waals surface area contributed by atoms with E-state index in [0.717, 1.165) is 12.3 Å². The van der Waals surface area contributed by atoms with E-state index in [2.05, 4.69) is 5.32 Å². The highest BCUT2D eigenvalue weighted by Gasteiger charge is 2.23. The quantitative estimate of drug-likeness (QED) is 0.590. The van der Waals surface area contributed by atoms with Crippen molar-refractivity contribution in [3.63, 3.8) is 0 Å². The maximum Gasteiger partial charge on any atom is 0.305 e. The normalized spacial score (nSPS) is 11.2. The summed E-state index contributed by atoms with van der Waals surface area (Å²) in [5.74, 6) is -1.05. The Morgan fingerprint density at radius 2 is 2.22 bits per heavy atom. The van der Waals surface area contributed by atoms with Gasteiger partial charge in [0.1, 0.15) is 4.21 Å². The minimum absolute atomic E-state index is 0.0140. The van der Waals surface area contributed by atoms with Crippen LogP contribution >= 0.6 is 11.3 Å². The molecule has 0 radical (unpaired) electrons. The van der Waals surface area contributed by atoms with Gasteiger partial charge in [-0.2, -0.15) is 0 Å². The molecular weight excluding hydrogens is 284 g/mol. The van der Waals surface area contributed by atoms with Crippen LogP contribution in [0, 0.1) is 10.1 Å². The molecule has 10 heteroatoms. The lowest BCUT2D eigenvalue weighted by atomic mass is 10.4. The van der Waals surface area contributed by atoms with Crippen LogP contribution in [0.15, 0.2) is 10.3 Å². The van der Waals surface area contributed by atoms with Crippen LogP contribution in [0.5, 0.6) is 0 Å². The van der Waals surface area contributed by atoms with Crippen molar-refractivity contribution >= 4 is 37.8 Å². The first-order valence-electron chi connectivity index (χ1n) is 4.65. The van der Waals surface area contributed by atoms with E-state index in [1.165, 1.54) is 0 Å². The first kappa shape index (κ1) is 14.4. The zero-order chi connectivity index (χ0) is 13.9. The molecule has 0 atom stereocenters. The Labute approximate surface area is 106 Å². The summed E-state index contributed by atoms with van der Waals surface area (Å²) in [5, 5.41) is 21.8. The second kappa shape index (κ2) is 5.31. The molecule has 0 bridgehead atoms. The van der Waals surface area contributed by atoms with E-state index in [9.17, 15) is 23.3 Å². The van der Waals surface area contributed by atoms with E-state index in [1.807, 2.05) is 0 Å². The van der Waals surface area contributed by atoms with Gasteiger partial charge in [-0.1, -0.05) is 11.3 Å². The SMILES string of the molecule is CS(=O)(=O)c1cc([N+](=O)[O-])c(NCCC(=O)O)s1. The van der Waals surface area contributed by atoms with Crippen LogP contribution in [0.3, 0.4) is 0 Å². The van der Waals surface area contributed by atoms with Crippen molar-refractivity contribution < 1.29 is 23.2 Å². The Kier molecular flexibility index (Phi) is 4.24. The van der Waals surface area contributed by atoms with Crippen LogP contribution in [0.1, 0.15) is 6.42 Å². The van der Waals surface area contributed by atoms with Crippen LogP contribution in [0.25, 0.3) is 0 Å². The number of sulfone groups is 1. The third-order valence-corrected chi connectivity index (χ3v) is 4.76. The number of carboxylic acids is 1. The number of anilines is 1. The van der Waals surface area contributed by atoms with Crippen molar-refractivity contribution in [2.75, 3.05) is 18.1 Å². The van der Waals surface area contributed by atoms with E-state index in [1.54, 1.807) is 0 Å². The Hall–Kier alpha value is -1.68. The molecule has 18 heavy (non-hydrogen) atoms. The summed E-state index contributed by atoms with van der Waals surface area (Å²) in [6.45, 7) is -0.0140. The summed E-state index contributed by atoms with van der Waals surface area (Å²) in [5.41, 5.74) is -0.370. The third kappa shape index (κ3) is 3.67. The number of hydrogen-bond donors (Lipinski definition) is 2. The van der Waals surface area contributed by atoms with Gasteiger partial charge in [-0.05, 0) is 0 Å². The summed E-state index contributed by atoms with van der Waals surface area (Å²) in [6.07, 6.45) is 0.729. The number of nitrogens with zero attached hydrogens (tertiary/aromatic N) is 1. The van der Waals surface area contributed by atoms with E-state index < -0.39 is 20.7 Å². The number of nitro groups is 1. The molecule has 0 saturated carbocycles. The number of rotatable bonds is 6. The minimum Gasteiger partial charge on any atom is -0.481 e. The topological polar surface area (TPSA) is 127 Å². The Morgan fingerprint density at radius 1 is 1.61 bits per heavy atom. The molecule has 0 spiro atoms. The van der Waals surface area contributed by atoms with E-state index in [-0.39, 0.29) is 27.9 Å². The van der Waals surface area contributed by atoms with Gasteiger partial charge in [-0.25, -0.2) is 8.42 Å². The standard InChI is InChI=1S/C8H10N2O6S2/c1-18(15,16)7-4-5(10(13)14)8(17-7)9-3-2-6(11)12/h4,9H,2-3H2,1H3,(H,11,12). The monoisotopic (exact) mass is 294 g/mol. The summed E-state index contributed by atoms with van der Waals surface area (Å²) < 4.78 is 22.4. The Morgan fingerprint density at radius 3 is 2.67 bits per heavy atom. The van der Waals surface area contributed by atoms with Gasteiger partial charge >= 0.3 is 11.7 Å². The van der Waals surface area contributed by atoms with Gasteiger partial charge in [0.15, 0.2) is 14.8 Å². The van der Waals surface area contributed by atoms with Gasteiger partial charge in [0.05, 0.1) is 11.3 Å². The lowest BCUT2D eigenvalue weighted by Crippen LogP contribution is -2.07. The van der Waals surface area contributed by atoms with Crippen LogP contribution in [-0.4, -0.2) is 37.2 Å². The van der Waals surface area contributed by atoms with Crippen molar-refractivity contribution in [3.05, 3.63) is 16.2 Å². The maximum absolute atomic E-state index is 11.3. The molecule has 8 nitrogen and oxygen atoms in total. The average molecular weight is 294 g/mol. The number of carbonyl (C=O) groups is 1. The van der Waals surface area contributed by atoms with E-state index >= 15 is 0 Å². The molecule has 1 aromatic rings. The molecule has 0 fully saturated rings. The molecule has 2 N–H and O–H groups in total.